The average molecular weight is 278 g/mol. The summed E-state index contributed by atoms with van der Waals surface area (Å²) in [7, 11) is 0. The van der Waals surface area contributed by atoms with E-state index >= 15 is 0 Å². The maximum absolute atomic E-state index is 12.2. The quantitative estimate of drug-likeness (QED) is 0.734. The van der Waals surface area contributed by atoms with Crippen molar-refractivity contribution in [2.75, 3.05) is 0 Å². The summed E-state index contributed by atoms with van der Waals surface area (Å²) in [6.45, 7) is 6.53. The molecule has 1 N–H and O–H groups in total. The Kier molecular flexibility index (Phi) is 3.13. The van der Waals surface area contributed by atoms with E-state index in [0.29, 0.717) is 11.2 Å². The normalized spacial score (nSPS) is 11.8. The predicted octanol–water partition coefficient (Wildman–Crippen LogP) is 3.89. The van der Waals surface area contributed by atoms with Crippen LogP contribution in [0.3, 0.4) is 0 Å². The largest absolute Gasteiger partial charge is 0.306 e. The van der Waals surface area contributed by atoms with Gasteiger partial charge in [0.25, 0.3) is 5.56 Å². The molecule has 0 atom stereocenters. The van der Waals surface area contributed by atoms with Crippen LogP contribution < -0.4 is 5.56 Å². The number of aromatic nitrogens is 2. The lowest BCUT2D eigenvalue weighted by atomic mass is 9.86. The molecule has 0 spiro atoms. The van der Waals surface area contributed by atoms with Crippen LogP contribution in [0.1, 0.15) is 26.3 Å². The van der Waals surface area contributed by atoms with Gasteiger partial charge in [-0.15, -0.1) is 0 Å². The van der Waals surface area contributed by atoms with Crippen LogP contribution in [0.2, 0.25) is 0 Å². The first-order chi connectivity index (χ1) is 9.95. The first-order valence-corrected chi connectivity index (χ1v) is 7.04. The van der Waals surface area contributed by atoms with Crippen molar-refractivity contribution in [3.05, 3.63) is 64.6 Å². The lowest BCUT2D eigenvalue weighted by Crippen LogP contribution is -2.12. The summed E-state index contributed by atoms with van der Waals surface area (Å²) >= 11 is 0. The van der Waals surface area contributed by atoms with Crippen molar-refractivity contribution in [2.45, 2.75) is 26.2 Å². The smallest absolute Gasteiger partial charge is 0.257 e. The maximum atomic E-state index is 12.2. The van der Waals surface area contributed by atoms with E-state index in [4.69, 9.17) is 0 Å². The zero-order valence-corrected chi connectivity index (χ0v) is 12.5. The Labute approximate surface area is 123 Å². The number of benzene rings is 1. The van der Waals surface area contributed by atoms with Crippen molar-refractivity contribution >= 4 is 11.0 Å². The minimum absolute atomic E-state index is 0.107. The summed E-state index contributed by atoms with van der Waals surface area (Å²) in [5.74, 6) is 0. The highest BCUT2D eigenvalue weighted by molar-refractivity contribution is 5.80. The van der Waals surface area contributed by atoms with E-state index in [1.807, 2.05) is 30.3 Å². The number of hydrogen-bond acceptors (Lipinski definition) is 2. The molecule has 21 heavy (non-hydrogen) atoms. The highest BCUT2D eigenvalue weighted by Gasteiger charge is 2.13. The van der Waals surface area contributed by atoms with Crippen LogP contribution >= 0.6 is 0 Å². The fourth-order valence-corrected chi connectivity index (χ4v) is 2.40. The second-order valence-electron chi connectivity index (χ2n) is 6.28. The molecule has 0 fully saturated rings. The summed E-state index contributed by atoms with van der Waals surface area (Å²) in [5, 5.41) is 0.937. The van der Waals surface area contributed by atoms with Gasteiger partial charge in [-0.2, -0.15) is 0 Å². The standard InChI is InChI=1S/C18H18N2O/c1-18(2,3)14-8-6-12(7-9-14)15-11-13-5-4-10-19-16(13)20-17(15)21/h4-11H,1-3H3,(H,19,20,21). The Bertz CT molecular complexity index is 839. The van der Waals surface area contributed by atoms with Crippen LogP contribution in [0.4, 0.5) is 0 Å². The van der Waals surface area contributed by atoms with Crippen LogP contribution in [0.15, 0.2) is 53.5 Å². The number of H-pyrrole nitrogens is 1. The Morgan fingerprint density at radius 1 is 1.05 bits per heavy atom. The fourth-order valence-electron chi connectivity index (χ4n) is 2.40. The molecule has 2 aromatic heterocycles. The summed E-state index contributed by atoms with van der Waals surface area (Å²) in [6.07, 6.45) is 1.68. The Hall–Kier alpha value is -2.42. The first kappa shape index (κ1) is 13.6. The first-order valence-electron chi connectivity index (χ1n) is 7.04. The van der Waals surface area contributed by atoms with Crippen molar-refractivity contribution in [3.63, 3.8) is 0 Å². The molecule has 3 rings (SSSR count). The van der Waals surface area contributed by atoms with Crippen molar-refractivity contribution in [3.8, 4) is 11.1 Å². The minimum atomic E-state index is -0.107. The van der Waals surface area contributed by atoms with Gasteiger partial charge in [0.1, 0.15) is 5.65 Å². The SMILES string of the molecule is CC(C)(C)c1ccc(-c2cc3cccnc3[nH]c2=O)cc1. The molecule has 0 saturated heterocycles. The van der Waals surface area contributed by atoms with Gasteiger partial charge in [0.2, 0.25) is 0 Å². The van der Waals surface area contributed by atoms with Gasteiger partial charge in [0.05, 0.1) is 0 Å². The number of pyridine rings is 2. The summed E-state index contributed by atoms with van der Waals surface area (Å²) in [6, 6.07) is 13.9. The van der Waals surface area contributed by atoms with E-state index in [2.05, 4.69) is 42.9 Å². The minimum Gasteiger partial charge on any atom is -0.306 e. The van der Waals surface area contributed by atoms with Crippen molar-refractivity contribution in [1.82, 2.24) is 9.97 Å². The molecule has 0 bridgehead atoms. The van der Waals surface area contributed by atoms with Crippen LogP contribution in [0.25, 0.3) is 22.2 Å². The average Bonchev–Trinajstić information content (AvgIpc) is 2.46. The second kappa shape index (κ2) is 4.85. The summed E-state index contributed by atoms with van der Waals surface area (Å²) in [5.41, 5.74) is 3.48. The van der Waals surface area contributed by atoms with Gasteiger partial charge >= 0.3 is 0 Å². The van der Waals surface area contributed by atoms with Gasteiger partial charge in [0.15, 0.2) is 0 Å². The van der Waals surface area contributed by atoms with E-state index in [1.54, 1.807) is 6.20 Å². The highest BCUT2D eigenvalue weighted by Crippen LogP contribution is 2.25. The van der Waals surface area contributed by atoms with Crippen LogP contribution in [0.5, 0.6) is 0 Å². The molecule has 0 unspecified atom stereocenters. The molecule has 0 aliphatic carbocycles. The molecular formula is C18H18N2O. The number of nitrogens with zero attached hydrogens (tertiary/aromatic N) is 1. The Balaban J connectivity index is 2.12. The zero-order chi connectivity index (χ0) is 15.0. The molecule has 2 heterocycles. The lowest BCUT2D eigenvalue weighted by Gasteiger charge is -2.19. The number of nitrogens with one attached hydrogen (secondary N) is 1. The highest BCUT2D eigenvalue weighted by atomic mass is 16.1. The second-order valence-corrected chi connectivity index (χ2v) is 6.28. The Morgan fingerprint density at radius 3 is 2.43 bits per heavy atom. The van der Waals surface area contributed by atoms with Gasteiger partial charge in [-0.05, 0) is 34.7 Å². The molecule has 0 aliphatic heterocycles. The van der Waals surface area contributed by atoms with E-state index in [0.717, 1.165) is 10.9 Å². The van der Waals surface area contributed by atoms with Gasteiger partial charge in [0, 0.05) is 17.1 Å². The third kappa shape index (κ3) is 2.59. The molecule has 0 saturated carbocycles. The number of hydrogen-bond donors (Lipinski definition) is 1. The van der Waals surface area contributed by atoms with E-state index in [1.165, 1.54) is 5.56 Å². The monoisotopic (exact) mass is 278 g/mol. The van der Waals surface area contributed by atoms with Crippen LogP contribution in [0, 0.1) is 0 Å². The van der Waals surface area contributed by atoms with Crippen LogP contribution in [-0.2, 0) is 5.41 Å². The molecular weight excluding hydrogens is 260 g/mol. The zero-order valence-electron chi connectivity index (χ0n) is 12.5. The van der Waals surface area contributed by atoms with Crippen molar-refractivity contribution in [1.29, 1.82) is 0 Å². The fraction of sp³-hybridized carbons (Fsp3) is 0.222. The Morgan fingerprint density at radius 2 is 1.76 bits per heavy atom. The van der Waals surface area contributed by atoms with Gasteiger partial charge < -0.3 is 4.98 Å². The van der Waals surface area contributed by atoms with Gasteiger partial charge in [-0.1, -0.05) is 45.0 Å². The molecule has 3 aromatic rings. The summed E-state index contributed by atoms with van der Waals surface area (Å²) in [4.78, 5) is 19.2. The summed E-state index contributed by atoms with van der Waals surface area (Å²) < 4.78 is 0. The third-order valence-corrected chi connectivity index (χ3v) is 3.68. The van der Waals surface area contributed by atoms with Crippen LogP contribution in [-0.4, -0.2) is 9.97 Å². The lowest BCUT2D eigenvalue weighted by molar-refractivity contribution is 0.590. The topological polar surface area (TPSA) is 45.8 Å². The van der Waals surface area contributed by atoms with E-state index < -0.39 is 0 Å². The van der Waals surface area contributed by atoms with Crippen molar-refractivity contribution in [2.24, 2.45) is 0 Å². The molecule has 0 amide bonds. The molecule has 3 nitrogen and oxygen atoms in total. The van der Waals surface area contributed by atoms with E-state index in [-0.39, 0.29) is 11.0 Å². The molecule has 106 valence electrons. The predicted molar refractivity (Wildman–Crippen MR) is 86.5 cm³/mol. The molecule has 0 radical (unpaired) electrons. The number of aromatic amines is 1. The van der Waals surface area contributed by atoms with Crippen molar-refractivity contribution < 1.29 is 0 Å². The molecule has 1 aromatic carbocycles. The number of rotatable bonds is 1. The van der Waals surface area contributed by atoms with Gasteiger partial charge in [-0.25, -0.2) is 4.98 Å². The molecule has 3 heteroatoms. The van der Waals surface area contributed by atoms with E-state index in [9.17, 15) is 4.79 Å². The third-order valence-electron chi connectivity index (χ3n) is 3.68. The number of fused-ring (bicyclic) bond motifs is 1. The maximum Gasteiger partial charge on any atom is 0.257 e. The van der Waals surface area contributed by atoms with Gasteiger partial charge in [-0.3, -0.25) is 4.79 Å². The molecule has 0 aliphatic rings.